The van der Waals surface area contributed by atoms with Gasteiger partial charge in [0.1, 0.15) is 5.75 Å². The number of ether oxygens (including phenoxy) is 1. The van der Waals surface area contributed by atoms with Crippen LogP contribution in [-0.4, -0.2) is 25.1 Å². The minimum absolute atomic E-state index is 0.00661. The maximum atomic E-state index is 11.7. The van der Waals surface area contributed by atoms with Crippen LogP contribution in [0.25, 0.3) is 0 Å². The fourth-order valence-corrected chi connectivity index (χ4v) is 1.58. The number of amides is 1. The molecule has 0 saturated heterocycles. The van der Waals surface area contributed by atoms with Crippen molar-refractivity contribution in [2.24, 2.45) is 11.1 Å². The normalized spacial score (nSPS) is 12.8. The van der Waals surface area contributed by atoms with Gasteiger partial charge >= 0.3 is 0 Å². The summed E-state index contributed by atoms with van der Waals surface area (Å²) < 4.78 is 5.55. The molecule has 3 N–H and O–H groups in total. The minimum atomic E-state index is -0.122. The van der Waals surface area contributed by atoms with Crippen LogP contribution in [0.5, 0.6) is 5.75 Å². The molecule has 0 spiro atoms. The molecule has 1 rings (SSSR count). The van der Waals surface area contributed by atoms with E-state index in [0.29, 0.717) is 19.6 Å². The summed E-state index contributed by atoms with van der Waals surface area (Å²) in [5.41, 5.74) is 5.92. The molecule has 112 valence electrons. The Morgan fingerprint density at radius 2 is 1.95 bits per heavy atom. The van der Waals surface area contributed by atoms with Gasteiger partial charge in [0.25, 0.3) is 0 Å². The third-order valence-corrected chi connectivity index (χ3v) is 3.17. The molecule has 0 aliphatic rings. The molecule has 0 saturated carbocycles. The summed E-state index contributed by atoms with van der Waals surface area (Å²) >= 11 is 0. The molecular formula is C16H26N2O2. The number of carbonyl (C=O) groups is 1. The Morgan fingerprint density at radius 1 is 1.30 bits per heavy atom. The van der Waals surface area contributed by atoms with Crippen molar-refractivity contribution in [1.29, 1.82) is 0 Å². The Morgan fingerprint density at radius 3 is 2.55 bits per heavy atom. The van der Waals surface area contributed by atoms with Crippen molar-refractivity contribution in [3.63, 3.8) is 0 Å². The van der Waals surface area contributed by atoms with Crippen LogP contribution in [0.3, 0.4) is 0 Å². The molecule has 0 heterocycles. The van der Waals surface area contributed by atoms with Crippen LogP contribution in [0.4, 0.5) is 0 Å². The number of para-hydroxylation sites is 1. The van der Waals surface area contributed by atoms with Crippen molar-refractivity contribution < 1.29 is 9.53 Å². The van der Waals surface area contributed by atoms with Crippen LogP contribution in [0.2, 0.25) is 0 Å². The first-order chi connectivity index (χ1) is 9.39. The lowest BCUT2D eigenvalue weighted by Gasteiger charge is -2.26. The minimum Gasteiger partial charge on any atom is -0.494 e. The number of rotatable bonds is 7. The topological polar surface area (TPSA) is 64.4 Å². The van der Waals surface area contributed by atoms with Crippen molar-refractivity contribution in [3.8, 4) is 5.75 Å². The van der Waals surface area contributed by atoms with Gasteiger partial charge in [-0.25, -0.2) is 0 Å². The summed E-state index contributed by atoms with van der Waals surface area (Å²) in [6.45, 7) is 7.33. The largest absolute Gasteiger partial charge is 0.494 e. The molecule has 20 heavy (non-hydrogen) atoms. The van der Waals surface area contributed by atoms with Crippen LogP contribution >= 0.6 is 0 Å². The monoisotopic (exact) mass is 278 g/mol. The highest BCUT2D eigenvalue weighted by Gasteiger charge is 2.22. The smallest absolute Gasteiger partial charge is 0.221 e. The number of benzene rings is 1. The molecule has 1 atom stereocenters. The van der Waals surface area contributed by atoms with Crippen LogP contribution in [-0.2, 0) is 4.79 Å². The summed E-state index contributed by atoms with van der Waals surface area (Å²) in [6, 6.07) is 9.53. The first-order valence-corrected chi connectivity index (χ1v) is 7.09. The molecule has 4 heteroatoms. The lowest BCUT2D eigenvalue weighted by molar-refractivity contribution is -0.121. The van der Waals surface area contributed by atoms with E-state index >= 15 is 0 Å². The molecule has 0 bridgehead atoms. The first-order valence-electron chi connectivity index (χ1n) is 7.09. The fourth-order valence-electron chi connectivity index (χ4n) is 1.58. The zero-order chi connectivity index (χ0) is 15.0. The molecule has 1 amide bonds. The molecule has 1 unspecified atom stereocenters. The molecule has 0 aliphatic carbocycles. The second-order valence-corrected chi connectivity index (χ2v) is 6.04. The van der Waals surface area contributed by atoms with E-state index in [1.165, 1.54) is 0 Å². The Bertz CT molecular complexity index is 399. The highest BCUT2D eigenvalue weighted by Crippen LogP contribution is 2.19. The van der Waals surface area contributed by atoms with Gasteiger partial charge in [0, 0.05) is 19.0 Å². The van der Waals surface area contributed by atoms with E-state index in [0.717, 1.165) is 12.2 Å². The zero-order valence-electron chi connectivity index (χ0n) is 12.7. The van der Waals surface area contributed by atoms with Gasteiger partial charge in [0.15, 0.2) is 0 Å². The zero-order valence-corrected chi connectivity index (χ0v) is 12.7. The van der Waals surface area contributed by atoms with E-state index in [4.69, 9.17) is 10.5 Å². The Kier molecular flexibility index (Phi) is 6.52. The third kappa shape index (κ3) is 6.57. The summed E-state index contributed by atoms with van der Waals surface area (Å²) in [5, 5.41) is 2.87. The van der Waals surface area contributed by atoms with E-state index in [2.05, 4.69) is 5.32 Å². The maximum Gasteiger partial charge on any atom is 0.221 e. The molecule has 0 aliphatic heterocycles. The fraction of sp³-hybridized carbons (Fsp3) is 0.562. The molecule has 4 nitrogen and oxygen atoms in total. The van der Waals surface area contributed by atoms with E-state index in [9.17, 15) is 4.79 Å². The van der Waals surface area contributed by atoms with Crippen LogP contribution < -0.4 is 15.8 Å². The van der Waals surface area contributed by atoms with Gasteiger partial charge in [-0.05, 0) is 24.0 Å². The van der Waals surface area contributed by atoms with Gasteiger partial charge in [0.05, 0.1) is 6.61 Å². The highest BCUT2D eigenvalue weighted by molar-refractivity contribution is 5.76. The summed E-state index contributed by atoms with van der Waals surface area (Å²) in [6.07, 6.45) is 1.15. The van der Waals surface area contributed by atoms with Crippen molar-refractivity contribution in [2.75, 3.05) is 13.2 Å². The summed E-state index contributed by atoms with van der Waals surface area (Å²) in [7, 11) is 0. The lowest BCUT2D eigenvalue weighted by Crippen LogP contribution is -2.40. The van der Waals surface area contributed by atoms with Gasteiger partial charge < -0.3 is 15.8 Å². The average Bonchev–Trinajstić information content (AvgIpc) is 2.38. The van der Waals surface area contributed by atoms with E-state index in [1.54, 1.807) is 0 Å². The summed E-state index contributed by atoms with van der Waals surface area (Å²) in [4.78, 5) is 11.7. The van der Waals surface area contributed by atoms with Gasteiger partial charge in [-0.1, -0.05) is 39.0 Å². The van der Waals surface area contributed by atoms with Gasteiger partial charge in [-0.2, -0.15) is 0 Å². The lowest BCUT2D eigenvalue weighted by atomic mass is 9.85. The molecule has 0 aromatic heterocycles. The van der Waals surface area contributed by atoms with Gasteiger partial charge in [-0.15, -0.1) is 0 Å². The average molecular weight is 278 g/mol. The standard InChI is InChI=1S/C16H26N2O2/c1-16(2,3)14(17)12-15(19)18-10-7-11-20-13-8-5-4-6-9-13/h4-6,8-9,14H,7,10-12,17H2,1-3H3,(H,18,19). The van der Waals surface area contributed by atoms with E-state index in [-0.39, 0.29) is 17.4 Å². The number of nitrogens with one attached hydrogen (secondary N) is 1. The molecule has 0 fully saturated rings. The van der Waals surface area contributed by atoms with E-state index in [1.807, 2.05) is 51.1 Å². The predicted molar refractivity (Wildman–Crippen MR) is 81.6 cm³/mol. The first kappa shape index (κ1) is 16.5. The molecular weight excluding hydrogens is 252 g/mol. The second-order valence-electron chi connectivity index (χ2n) is 6.04. The quantitative estimate of drug-likeness (QED) is 0.752. The second kappa shape index (κ2) is 7.90. The predicted octanol–water partition coefficient (Wildman–Crippen LogP) is 2.34. The van der Waals surface area contributed by atoms with Crippen LogP contribution in [0.15, 0.2) is 30.3 Å². The number of hydrogen-bond donors (Lipinski definition) is 2. The number of carbonyl (C=O) groups excluding carboxylic acids is 1. The molecule has 1 aromatic rings. The molecule has 1 aromatic carbocycles. The third-order valence-electron chi connectivity index (χ3n) is 3.17. The Balaban J connectivity index is 2.11. The van der Waals surface area contributed by atoms with E-state index < -0.39 is 0 Å². The van der Waals surface area contributed by atoms with Crippen molar-refractivity contribution in [3.05, 3.63) is 30.3 Å². The van der Waals surface area contributed by atoms with Gasteiger partial charge in [0.2, 0.25) is 5.91 Å². The van der Waals surface area contributed by atoms with Crippen molar-refractivity contribution >= 4 is 5.91 Å². The molecule has 0 radical (unpaired) electrons. The Hall–Kier alpha value is -1.55. The summed E-state index contributed by atoms with van der Waals surface area (Å²) in [5.74, 6) is 0.862. The maximum absolute atomic E-state index is 11.7. The SMILES string of the molecule is CC(C)(C)C(N)CC(=O)NCCCOc1ccccc1. The number of nitrogens with two attached hydrogens (primary N) is 1. The number of hydrogen-bond acceptors (Lipinski definition) is 3. The highest BCUT2D eigenvalue weighted by atomic mass is 16.5. The van der Waals surface area contributed by atoms with Crippen molar-refractivity contribution in [2.45, 2.75) is 39.7 Å². The van der Waals surface area contributed by atoms with Crippen LogP contribution in [0.1, 0.15) is 33.6 Å². The van der Waals surface area contributed by atoms with Gasteiger partial charge in [-0.3, -0.25) is 4.79 Å². The van der Waals surface area contributed by atoms with Crippen LogP contribution in [0, 0.1) is 5.41 Å². The Labute approximate surface area is 121 Å². The van der Waals surface area contributed by atoms with Crippen molar-refractivity contribution in [1.82, 2.24) is 5.32 Å².